The second-order valence-corrected chi connectivity index (χ2v) is 3.36. The normalized spacial score (nSPS) is 10.0. The van der Waals surface area contributed by atoms with Crippen LogP contribution >= 0.6 is 0 Å². The van der Waals surface area contributed by atoms with E-state index in [1.165, 1.54) is 0 Å². The van der Waals surface area contributed by atoms with Gasteiger partial charge in [0.1, 0.15) is 5.82 Å². The molecule has 2 rings (SSSR count). The smallest absolute Gasteiger partial charge is 0.248 e. The summed E-state index contributed by atoms with van der Waals surface area (Å²) in [5.41, 5.74) is 6.66. The number of rotatable bonds is 3. The Morgan fingerprint density at radius 3 is 2.50 bits per heavy atom. The first-order valence-electron chi connectivity index (χ1n) is 4.91. The van der Waals surface area contributed by atoms with Crippen LogP contribution in [0.2, 0.25) is 0 Å². The fourth-order valence-corrected chi connectivity index (χ4v) is 1.51. The molecule has 2 aromatic rings. The summed E-state index contributed by atoms with van der Waals surface area (Å²) < 4.78 is 0. The minimum atomic E-state index is -0.425. The number of primary amides is 1. The van der Waals surface area contributed by atoms with Crippen LogP contribution in [0.5, 0.6) is 0 Å². The number of hydrogen-bond acceptors (Lipinski definition) is 3. The van der Waals surface area contributed by atoms with Crippen molar-refractivity contribution in [2.45, 2.75) is 6.42 Å². The summed E-state index contributed by atoms with van der Waals surface area (Å²) in [6, 6.07) is 8.97. The third-order valence-electron chi connectivity index (χ3n) is 2.25. The molecule has 0 saturated carbocycles. The van der Waals surface area contributed by atoms with Crippen LogP contribution in [0.3, 0.4) is 0 Å². The molecule has 80 valence electrons. The summed E-state index contributed by atoms with van der Waals surface area (Å²) in [5.74, 6) is 0.253. The van der Waals surface area contributed by atoms with Crippen LogP contribution in [0.25, 0.3) is 0 Å². The lowest BCUT2D eigenvalue weighted by atomic mass is 10.0. The maximum atomic E-state index is 11.2. The molecule has 0 aliphatic heterocycles. The lowest BCUT2D eigenvalue weighted by Gasteiger charge is -2.04. The van der Waals surface area contributed by atoms with Crippen LogP contribution in [0.15, 0.2) is 42.7 Å². The molecule has 0 bridgehead atoms. The number of amides is 1. The van der Waals surface area contributed by atoms with Crippen LogP contribution in [-0.4, -0.2) is 15.9 Å². The Kier molecular flexibility index (Phi) is 2.91. The third-order valence-corrected chi connectivity index (χ3v) is 2.25. The fourth-order valence-electron chi connectivity index (χ4n) is 1.51. The molecule has 0 spiro atoms. The van der Waals surface area contributed by atoms with Crippen molar-refractivity contribution in [3.8, 4) is 0 Å². The van der Waals surface area contributed by atoms with Gasteiger partial charge in [-0.3, -0.25) is 4.79 Å². The summed E-state index contributed by atoms with van der Waals surface area (Å²) >= 11 is 0. The van der Waals surface area contributed by atoms with Crippen LogP contribution in [0.1, 0.15) is 21.7 Å². The van der Waals surface area contributed by atoms with Crippen molar-refractivity contribution >= 4 is 5.91 Å². The lowest BCUT2D eigenvalue weighted by Crippen LogP contribution is -2.14. The van der Waals surface area contributed by atoms with E-state index in [4.69, 9.17) is 5.73 Å². The second-order valence-electron chi connectivity index (χ2n) is 3.36. The van der Waals surface area contributed by atoms with Crippen molar-refractivity contribution in [2.24, 2.45) is 5.73 Å². The van der Waals surface area contributed by atoms with E-state index in [2.05, 4.69) is 9.97 Å². The molecule has 0 radical (unpaired) electrons. The summed E-state index contributed by atoms with van der Waals surface area (Å²) in [6.45, 7) is 0. The molecular weight excluding hydrogens is 202 g/mol. The van der Waals surface area contributed by atoms with Gasteiger partial charge in [-0.05, 0) is 17.7 Å². The number of carbonyl (C=O) groups excluding carboxylic acids is 1. The molecule has 1 amide bonds. The second kappa shape index (κ2) is 4.53. The molecule has 1 aromatic carbocycles. The van der Waals surface area contributed by atoms with Crippen molar-refractivity contribution < 1.29 is 4.79 Å². The van der Waals surface area contributed by atoms with E-state index >= 15 is 0 Å². The van der Waals surface area contributed by atoms with Gasteiger partial charge >= 0.3 is 0 Å². The zero-order valence-corrected chi connectivity index (χ0v) is 8.63. The van der Waals surface area contributed by atoms with Crippen molar-refractivity contribution in [1.29, 1.82) is 0 Å². The minimum absolute atomic E-state index is 0.425. The fraction of sp³-hybridized carbons (Fsp3) is 0.0833. The maximum Gasteiger partial charge on any atom is 0.248 e. The average Bonchev–Trinajstić information content (AvgIpc) is 2.31. The molecule has 1 aromatic heterocycles. The molecule has 4 nitrogen and oxygen atoms in total. The highest BCUT2D eigenvalue weighted by Crippen LogP contribution is 2.11. The van der Waals surface area contributed by atoms with E-state index in [-0.39, 0.29) is 0 Å². The molecule has 0 aliphatic carbocycles. The number of nitrogens with zero attached hydrogens (tertiary/aromatic N) is 2. The topological polar surface area (TPSA) is 68.9 Å². The molecular formula is C12H11N3O. The molecule has 1 heterocycles. The predicted molar refractivity (Wildman–Crippen MR) is 59.8 cm³/mol. The maximum absolute atomic E-state index is 11.2. The molecule has 2 N–H and O–H groups in total. The number of carbonyl (C=O) groups is 1. The molecule has 0 fully saturated rings. The first-order chi connectivity index (χ1) is 7.77. The van der Waals surface area contributed by atoms with Crippen LogP contribution in [-0.2, 0) is 6.42 Å². The van der Waals surface area contributed by atoms with Crippen molar-refractivity contribution in [3.63, 3.8) is 0 Å². The lowest BCUT2D eigenvalue weighted by molar-refractivity contribution is 0.0999. The largest absolute Gasteiger partial charge is 0.366 e. The Bertz CT molecular complexity index is 497. The SMILES string of the molecule is NC(=O)c1ccccc1Cc1ncccn1. The van der Waals surface area contributed by atoms with E-state index in [0.29, 0.717) is 17.8 Å². The number of nitrogens with two attached hydrogens (primary N) is 1. The van der Waals surface area contributed by atoms with Gasteiger partial charge in [-0.15, -0.1) is 0 Å². The zero-order chi connectivity index (χ0) is 11.4. The van der Waals surface area contributed by atoms with Gasteiger partial charge in [-0.2, -0.15) is 0 Å². The highest BCUT2D eigenvalue weighted by Gasteiger charge is 2.08. The number of aromatic nitrogens is 2. The van der Waals surface area contributed by atoms with Gasteiger partial charge in [0.05, 0.1) is 0 Å². The predicted octanol–water partition coefficient (Wildman–Crippen LogP) is 1.17. The summed E-state index contributed by atoms with van der Waals surface area (Å²) in [7, 11) is 0. The molecule has 4 heteroatoms. The Balaban J connectivity index is 2.31. The molecule has 0 saturated heterocycles. The van der Waals surface area contributed by atoms with Crippen LogP contribution < -0.4 is 5.73 Å². The Morgan fingerprint density at radius 2 is 1.81 bits per heavy atom. The molecule has 0 unspecified atom stereocenters. The van der Waals surface area contributed by atoms with Crippen LogP contribution in [0.4, 0.5) is 0 Å². The summed E-state index contributed by atoms with van der Waals surface area (Å²) in [5, 5.41) is 0. The van der Waals surface area contributed by atoms with E-state index in [1.54, 1.807) is 30.6 Å². The van der Waals surface area contributed by atoms with Crippen molar-refractivity contribution in [2.75, 3.05) is 0 Å². The van der Waals surface area contributed by atoms with Gasteiger partial charge in [0.15, 0.2) is 0 Å². The van der Waals surface area contributed by atoms with Crippen LogP contribution in [0, 0.1) is 0 Å². The summed E-state index contributed by atoms with van der Waals surface area (Å²) in [4.78, 5) is 19.4. The van der Waals surface area contributed by atoms with Gasteiger partial charge in [0.2, 0.25) is 5.91 Å². The van der Waals surface area contributed by atoms with E-state index in [0.717, 1.165) is 5.56 Å². The number of hydrogen-bond donors (Lipinski definition) is 1. The highest BCUT2D eigenvalue weighted by molar-refractivity contribution is 5.94. The van der Waals surface area contributed by atoms with Gasteiger partial charge in [0.25, 0.3) is 0 Å². The van der Waals surface area contributed by atoms with E-state index < -0.39 is 5.91 Å². The monoisotopic (exact) mass is 213 g/mol. The Morgan fingerprint density at radius 1 is 1.12 bits per heavy atom. The zero-order valence-electron chi connectivity index (χ0n) is 8.63. The van der Waals surface area contributed by atoms with Gasteiger partial charge < -0.3 is 5.73 Å². The van der Waals surface area contributed by atoms with Gasteiger partial charge in [-0.1, -0.05) is 18.2 Å². The van der Waals surface area contributed by atoms with E-state index in [9.17, 15) is 4.79 Å². The Hall–Kier alpha value is -2.23. The molecule has 0 atom stereocenters. The minimum Gasteiger partial charge on any atom is -0.366 e. The van der Waals surface area contributed by atoms with Gasteiger partial charge in [0, 0.05) is 24.4 Å². The molecule has 16 heavy (non-hydrogen) atoms. The first kappa shape index (κ1) is 10.3. The Labute approximate surface area is 93.2 Å². The highest BCUT2D eigenvalue weighted by atomic mass is 16.1. The first-order valence-corrected chi connectivity index (χ1v) is 4.91. The quantitative estimate of drug-likeness (QED) is 0.832. The van der Waals surface area contributed by atoms with Crippen molar-refractivity contribution in [1.82, 2.24) is 9.97 Å². The summed E-state index contributed by atoms with van der Waals surface area (Å²) in [6.07, 6.45) is 3.87. The third kappa shape index (κ3) is 2.23. The van der Waals surface area contributed by atoms with Crippen molar-refractivity contribution in [3.05, 3.63) is 59.7 Å². The average molecular weight is 213 g/mol. The van der Waals surface area contributed by atoms with E-state index in [1.807, 2.05) is 12.1 Å². The molecule has 0 aliphatic rings. The standard InChI is InChI=1S/C12H11N3O/c13-12(16)10-5-2-1-4-9(10)8-11-14-6-3-7-15-11/h1-7H,8H2,(H2,13,16). The van der Waals surface area contributed by atoms with Gasteiger partial charge in [-0.25, -0.2) is 9.97 Å². The number of benzene rings is 1.